The predicted molar refractivity (Wildman–Crippen MR) is 77.5 cm³/mol. The van der Waals surface area contributed by atoms with Gasteiger partial charge in [-0.3, -0.25) is 0 Å². The third kappa shape index (κ3) is 4.08. The van der Waals surface area contributed by atoms with E-state index in [1.54, 1.807) is 6.26 Å². The molecule has 0 atom stereocenters. The van der Waals surface area contributed by atoms with E-state index >= 15 is 0 Å². The molecule has 1 N–H and O–H groups in total. The summed E-state index contributed by atoms with van der Waals surface area (Å²) in [6.45, 7) is 5.80. The van der Waals surface area contributed by atoms with Crippen molar-refractivity contribution in [2.45, 2.75) is 26.8 Å². The second-order valence-electron chi connectivity index (χ2n) is 4.32. The number of halogens is 1. The molecule has 0 unspecified atom stereocenters. The van der Waals surface area contributed by atoms with Gasteiger partial charge in [0.2, 0.25) is 0 Å². The van der Waals surface area contributed by atoms with Gasteiger partial charge in [0.05, 0.1) is 10.2 Å². The van der Waals surface area contributed by atoms with E-state index in [1.165, 1.54) is 0 Å². The summed E-state index contributed by atoms with van der Waals surface area (Å²) < 4.78 is 11.8. The Labute approximate surface area is 121 Å². The molecule has 1 aromatic heterocycles. The fraction of sp³-hybridized carbons (Fsp3) is 0.357. The summed E-state index contributed by atoms with van der Waals surface area (Å²) >= 11 is 3.46. The first-order chi connectivity index (χ1) is 9.19. The molecule has 1 heterocycles. The van der Waals surface area contributed by atoms with Gasteiger partial charge in [-0.05, 0) is 53.5 Å². The highest BCUT2D eigenvalue weighted by atomic mass is 79.9. The second kappa shape index (κ2) is 6.73. The number of hydrogen-bond donors (Lipinski definition) is 1. The molecule has 0 fully saturated rings. The van der Waals surface area contributed by atoms with E-state index in [0.717, 1.165) is 28.7 Å². The first-order valence-corrected chi connectivity index (χ1v) is 7.07. The van der Waals surface area contributed by atoms with Crippen molar-refractivity contribution in [2.75, 3.05) is 6.54 Å². The molecule has 0 spiro atoms. The summed E-state index contributed by atoms with van der Waals surface area (Å²) in [6, 6.07) is 5.85. The van der Waals surface area contributed by atoms with Gasteiger partial charge in [0.1, 0.15) is 12.0 Å². The van der Waals surface area contributed by atoms with Gasteiger partial charge in [0.25, 0.3) is 0 Å². The average Bonchev–Trinajstić information content (AvgIpc) is 2.81. The Kier molecular flexibility index (Phi) is 4.99. The number of ether oxygens (including phenoxy) is 1. The Morgan fingerprint density at radius 1 is 1.42 bits per heavy atom. The second-order valence-corrected chi connectivity index (χ2v) is 5.17. The molecule has 2 rings (SSSR count). The van der Waals surface area contributed by atoms with E-state index in [4.69, 9.17) is 9.15 Å². The van der Waals surface area contributed by atoms with Gasteiger partial charge in [0.15, 0.2) is 0 Å². The molecule has 102 valence electrons. The van der Waals surface area contributed by atoms with Crippen molar-refractivity contribution in [2.24, 2.45) is 0 Å². The Balaban J connectivity index is 1.99. The van der Waals surface area contributed by atoms with Gasteiger partial charge in [-0.25, -0.2) is 0 Å². The smallest absolute Gasteiger partial charge is 0.399 e. The number of oxazole rings is 1. The number of rotatable bonds is 6. The van der Waals surface area contributed by atoms with Crippen LogP contribution in [0.1, 0.15) is 24.6 Å². The Hall–Kier alpha value is -1.33. The lowest BCUT2D eigenvalue weighted by Crippen LogP contribution is -2.13. The van der Waals surface area contributed by atoms with Crippen molar-refractivity contribution >= 4 is 15.9 Å². The molecule has 0 aliphatic carbocycles. The minimum Gasteiger partial charge on any atom is -0.417 e. The first-order valence-electron chi connectivity index (χ1n) is 6.28. The third-order valence-electron chi connectivity index (χ3n) is 2.55. The molecule has 1 aromatic carbocycles. The van der Waals surface area contributed by atoms with E-state index in [-0.39, 0.29) is 6.08 Å². The monoisotopic (exact) mass is 324 g/mol. The van der Waals surface area contributed by atoms with Gasteiger partial charge in [-0.1, -0.05) is 13.0 Å². The van der Waals surface area contributed by atoms with Gasteiger partial charge < -0.3 is 14.5 Å². The number of hydrogen-bond acceptors (Lipinski definition) is 4. The third-order valence-corrected chi connectivity index (χ3v) is 3.17. The van der Waals surface area contributed by atoms with Gasteiger partial charge in [-0.2, -0.15) is 4.98 Å². The van der Waals surface area contributed by atoms with Crippen molar-refractivity contribution in [3.63, 3.8) is 0 Å². The molecule has 2 aromatic rings. The maximum Gasteiger partial charge on any atom is 0.399 e. The largest absolute Gasteiger partial charge is 0.417 e. The van der Waals surface area contributed by atoms with E-state index in [0.29, 0.717) is 12.3 Å². The van der Waals surface area contributed by atoms with Gasteiger partial charge in [0, 0.05) is 6.54 Å². The number of nitrogens with zero attached hydrogens (tertiary/aromatic N) is 1. The predicted octanol–water partition coefficient (Wildman–Crippen LogP) is 4.04. The number of aryl methyl sites for hydroxylation is 1. The van der Waals surface area contributed by atoms with Crippen molar-refractivity contribution in [1.29, 1.82) is 0 Å². The molecule has 19 heavy (non-hydrogen) atoms. The Bertz CT molecular complexity index is 540. The minimum atomic E-state index is 0.262. The highest BCUT2D eigenvalue weighted by Crippen LogP contribution is 2.29. The van der Waals surface area contributed by atoms with Crippen LogP contribution in [0.5, 0.6) is 11.8 Å². The topological polar surface area (TPSA) is 47.3 Å². The summed E-state index contributed by atoms with van der Waals surface area (Å²) in [5.74, 6) is 0.695. The van der Waals surface area contributed by atoms with Crippen LogP contribution in [0.4, 0.5) is 0 Å². The summed E-state index contributed by atoms with van der Waals surface area (Å²) in [7, 11) is 0. The first kappa shape index (κ1) is 14.1. The SMILES string of the molecule is CCCNCc1coc(Oc2ccc(C)cc2Br)n1. The standard InChI is InChI=1S/C14H17BrN2O2/c1-3-6-16-8-11-9-18-14(17-11)19-13-5-4-10(2)7-12(13)15/h4-5,7,9,16H,3,6,8H2,1-2H3. The zero-order chi connectivity index (χ0) is 13.7. The molecule has 0 bridgehead atoms. The molecule has 0 radical (unpaired) electrons. The Morgan fingerprint density at radius 2 is 2.26 bits per heavy atom. The van der Waals surface area contributed by atoms with Crippen LogP contribution < -0.4 is 10.1 Å². The van der Waals surface area contributed by atoms with Crippen LogP contribution in [0.25, 0.3) is 0 Å². The molecule has 0 aliphatic heterocycles. The molecule has 0 saturated carbocycles. The van der Waals surface area contributed by atoms with Crippen LogP contribution in [0.2, 0.25) is 0 Å². The summed E-state index contributed by atoms with van der Waals surface area (Å²) in [6.07, 6.45) is 2.97. The maximum absolute atomic E-state index is 5.60. The Morgan fingerprint density at radius 3 is 3.00 bits per heavy atom. The van der Waals surface area contributed by atoms with Crippen LogP contribution in [0.3, 0.4) is 0 Å². The van der Waals surface area contributed by atoms with Crippen LogP contribution >= 0.6 is 15.9 Å². The van der Waals surface area contributed by atoms with Crippen LogP contribution in [-0.2, 0) is 6.54 Å². The van der Waals surface area contributed by atoms with Crippen LogP contribution in [0, 0.1) is 6.92 Å². The maximum atomic E-state index is 5.60. The number of benzene rings is 1. The van der Waals surface area contributed by atoms with Gasteiger partial charge >= 0.3 is 6.08 Å². The highest BCUT2D eigenvalue weighted by Gasteiger charge is 2.08. The van der Waals surface area contributed by atoms with Crippen molar-refractivity contribution in [1.82, 2.24) is 10.3 Å². The fourth-order valence-electron chi connectivity index (χ4n) is 1.59. The highest BCUT2D eigenvalue weighted by molar-refractivity contribution is 9.10. The van der Waals surface area contributed by atoms with Crippen molar-refractivity contribution in [3.05, 3.63) is 40.2 Å². The molecule has 5 heteroatoms. The van der Waals surface area contributed by atoms with E-state index in [9.17, 15) is 0 Å². The van der Waals surface area contributed by atoms with Crippen LogP contribution in [-0.4, -0.2) is 11.5 Å². The van der Waals surface area contributed by atoms with E-state index in [2.05, 4.69) is 33.2 Å². The minimum absolute atomic E-state index is 0.262. The lowest BCUT2D eigenvalue weighted by atomic mass is 10.2. The lowest BCUT2D eigenvalue weighted by molar-refractivity contribution is 0.329. The van der Waals surface area contributed by atoms with E-state index < -0.39 is 0 Å². The summed E-state index contributed by atoms with van der Waals surface area (Å²) in [5.41, 5.74) is 2.00. The fourth-order valence-corrected chi connectivity index (χ4v) is 2.17. The quantitative estimate of drug-likeness (QED) is 0.815. The normalized spacial score (nSPS) is 10.7. The summed E-state index contributed by atoms with van der Waals surface area (Å²) in [4.78, 5) is 4.27. The number of aromatic nitrogens is 1. The van der Waals surface area contributed by atoms with Gasteiger partial charge in [-0.15, -0.1) is 0 Å². The summed E-state index contributed by atoms with van der Waals surface area (Å²) in [5, 5.41) is 3.26. The zero-order valence-corrected chi connectivity index (χ0v) is 12.7. The molecule has 0 amide bonds. The van der Waals surface area contributed by atoms with Crippen molar-refractivity contribution in [3.8, 4) is 11.8 Å². The van der Waals surface area contributed by atoms with Crippen LogP contribution in [0.15, 0.2) is 33.4 Å². The molecular formula is C14H17BrN2O2. The lowest BCUT2D eigenvalue weighted by Gasteiger charge is -2.04. The molecule has 4 nitrogen and oxygen atoms in total. The number of nitrogens with one attached hydrogen (secondary N) is 1. The molecular weight excluding hydrogens is 308 g/mol. The zero-order valence-electron chi connectivity index (χ0n) is 11.1. The van der Waals surface area contributed by atoms with E-state index in [1.807, 2.05) is 25.1 Å². The molecule has 0 saturated heterocycles. The average molecular weight is 325 g/mol. The van der Waals surface area contributed by atoms with Crippen molar-refractivity contribution < 1.29 is 9.15 Å². The molecule has 0 aliphatic rings.